The summed E-state index contributed by atoms with van der Waals surface area (Å²) in [6.07, 6.45) is 6.98. The van der Waals surface area contributed by atoms with Crippen LogP contribution in [-0.4, -0.2) is 31.6 Å². The van der Waals surface area contributed by atoms with E-state index in [0.717, 1.165) is 0 Å². The number of benzene rings is 2. The Hall–Kier alpha value is -3.91. The van der Waals surface area contributed by atoms with Crippen LogP contribution >= 0.6 is 11.6 Å². The van der Waals surface area contributed by atoms with Crippen LogP contribution in [0.15, 0.2) is 66.8 Å². The van der Waals surface area contributed by atoms with E-state index in [1.807, 2.05) is 0 Å². The second-order valence-corrected chi connectivity index (χ2v) is 8.54. The molecule has 2 amide bonds. The van der Waals surface area contributed by atoms with E-state index < -0.39 is 16.3 Å². The summed E-state index contributed by atoms with van der Waals surface area (Å²) < 4.78 is 0. The Labute approximate surface area is 193 Å². The van der Waals surface area contributed by atoms with Gasteiger partial charge in [0.1, 0.15) is 0 Å². The van der Waals surface area contributed by atoms with E-state index in [4.69, 9.17) is 11.6 Å². The van der Waals surface area contributed by atoms with Crippen molar-refractivity contribution < 1.29 is 14.5 Å². The molecule has 2 aromatic carbocycles. The number of nitro groups is 1. The summed E-state index contributed by atoms with van der Waals surface area (Å²) in [5, 5.41) is 11.9. The summed E-state index contributed by atoms with van der Waals surface area (Å²) in [6.45, 7) is 1.61. The van der Waals surface area contributed by atoms with Crippen LogP contribution in [0.3, 0.4) is 0 Å². The molecule has 0 spiro atoms. The number of hydrogen-bond acceptors (Lipinski definition) is 6. The Balaban J connectivity index is 1.69. The Morgan fingerprint density at radius 2 is 1.91 bits per heavy atom. The van der Waals surface area contributed by atoms with Crippen LogP contribution in [-0.2, 0) is 16.1 Å². The van der Waals surface area contributed by atoms with E-state index in [-0.39, 0.29) is 40.8 Å². The number of non-ortho nitro benzene ring substituents is 1. The van der Waals surface area contributed by atoms with Crippen LogP contribution in [0.4, 0.5) is 5.69 Å². The molecule has 0 N–H and O–H groups in total. The maximum absolute atomic E-state index is 13.3. The minimum atomic E-state index is -0.959. The average Bonchev–Trinajstić information content (AvgIpc) is 2.99. The summed E-state index contributed by atoms with van der Waals surface area (Å²) in [7, 11) is 0. The second-order valence-electron chi connectivity index (χ2n) is 8.13. The molecule has 1 aliphatic heterocycles. The maximum Gasteiger partial charge on any atom is 0.297 e. The van der Waals surface area contributed by atoms with Gasteiger partial charge in [-0.1, -0.05) is 60.2 Å². The normalized spacial score (nSPS) is 21.6. The lowest BCUT2D eigenvalue weighted by Crippen LogP contribution is -2.33. The van der Waals surface area contributed by atoms with Crippen LogP contribution in [0.5, 0.6) is 0 Å². The van der Waals surface area contributed by atoms with E-state index in [2.05, 4.69) is 9.97 Å². The molecule has 1 aromatic heterocycles. The zero-order chi connectivity index (χ0) is 23.3. The van der Waals surface area contributed by atoms with E-state index >= 15 is 0 Å². The van der Waals surface area contributed by atoms with Crippen molar-refractivity contribution in [1.82, 2.24) is 14.9 Å². The van der Waals surface area contributed by atoms with E-state index in [1.54, 1.807) is 61.6 Å². The molecule has 2 unspecified atom stereocenters. The molecule has 2 atom stereocenters. The summed E-state index contributed by atoms with van der Waals surface area (Å²) in [5.41, 5.74) is 0.358. The molecule has 2 aliphatic rings. The fraction of sp³-hybridized carbons (Fsp3) is 0.167. The number of imide groups is 1. The molecule has 0 radical (unpaired) electrons. The monoisotopic (exact) mass is 460 g/mol. The third-order valence-electron chi connectivity index (χ3n) is 6.12. The van der Waals surface area contributed by atoms with Gasteiger partial charge in [0, 0.05) is 11.6 Å². The maximum atomic E-state index is 13.3. The highest BCUT2D eigenvalue weighted by Gasteiger charge is 2.54. The number of carbonyl (C=O) groups is 2. The number of likely N-dealkylation sites (tertiary alicyclic amines) is 1. The van der Waals surface area contributed by atoms with Crippen LogP contribution in [0, 0.1) is 21.4 Å². The lowest BCUT2D eigenvalue weighted by atomic mass is 9.76. The van der Waals surface area contributed by atoms with Crippen molar-refractivity contribution in [1.29, 1.82) is 0 Å². The fourth-order valence-corrected chi connectivity index (χ4v) is 4.59. The van der Waals surface area contributed by atoms with Gasteiger partial charge in [-0.05, 0) is 19.1 Å². The van der Waals surface area contributed by atoms with Gasteiger partial charge < -0.3 is 0 Å². The van der Waals surface area contributed by atoms with Gasteiger partial charge in [0.2, 0.25) is 11.8 Å². The first-order valence-corrected chi connectivity index (χ1v) is 10.6. The number of para-hydroxylation sites is 1. The van der Waals surface area contributed by atoms with E-state index in [1.165, 1.54) is 17.0 Å². The highest BCUT2D eigenvalue weighted by Crippen LogP contribution is 2.43. The van der Waals surface area contributed by atoms with Gasteiger partial charge in [0.25, 0.3) is 5.69 Å². The highest BCUT2D eigenvalue weighted by molar-refractivity contribution is 6.33. The molecule has 33 heavy (non-hydrogen) atoms. The zero-order valence-electron chi connectivity index (χ0n) is 17.4. The van der Waals surface area contributed by atoms with Gasteiger partial charge >= 0.3 is 0 Å². The molecule has 3 aromatic rings. The largest absolute Gasteiger partial charge is 0.297 e. The number of hydrogen-bond donors (Lipinski definition) is 0. The molecule has 164 valence electrons. The number of nitrogens with zero attached hydrogens (tertiary/aromatic N) is 4. The number of aromatic nitrogens is 2. The van der Waals surface area contributed by atoms with E-state index in [0.29, 0.717) is 16.3 Å². The Morgan fingerprint density at radius 3 is 2.64 bits per heavy atom. The molecule has 0 bridgehead atoms. The summed E-state index contributed by atoms with van der Waals surface area (Å²) in [6, 6.07) is 11.4. The Kier molecular flexibility index (Phi) is 4.83. The first-order valence-electron chi connectivity index (χ1n) is 10.2. The van der Waals surface area contributed by atoms with Crippen molar-refractivity contribution in [3.63, 3.8) is 0 Å². The number of fused-ring (bicyclic) bond motifs is 2. The lowest BCUT2D eigenvalue weighted by molar-refractivity contribution is -0.383. The molecule has 5 rings (SSSR count). The van der Waals surface area contributed by atoms with Crippen LogP contribution in [0.1, 0.15) is 12.6 Å². The predicted molar refractivity (Wildman–Crippen MR) is 122 cm³/mol. The molecule has 1 aliphatic carbocycles. The van der Waals surface area contributed by atoms with Crippen LogP contribution in [0.25, 0.3) is 22.3 Å². The molecule has 9 heteroatoms. The SMILES string of the molecule is CC12C=CC=CC1C(=O)N(Cc1nc3cccc([N+](=O)[O-])c3nc1-c1ccccc1Cl)C2=O. The lowest BCUT2D eigenvalue weighted by Gasteiger charge is -2.23. The number of rotatable bonds is 4. The van der Waals surface area contributed by atoms with Crippen molar-refractivity contribution >= 4 is 40.1 Å². The minimum absolute atomic E-state index is 0.103. The Bertz CT molecular complexity index is 1420. The zero-order valence-corrected chi connectivity index (χ0v) is 18.2. The van der Waals surface area contributed by atoms with E-state index in [9.17, 15) is 19.7 Å². The van der Waals surface area contributed by atoms with Crippen molar-refractivity contribution in [2.75, 3.05) is 0 Å². The summed E-state index contributed by atoms with van der Waals surface area (Å²) in [5.74, 6) is -1.24. The van der Waals surface area contributed by atoms with Crippen molar-refractivity contribution in [2.45, 2.75) is 13.5 Å². The Morgan fingerprint density at radius 1 is 1.12 bits per heavy atom. The van der Waals surface area contributed by atoms with Gasteiger partial charge in [-0.15, -0.1) is 0 Å². The topological polar surface area (TPSA) is 106 Å². The fourth-order valence-electron chi connectivity index (χ4n) is 4.36. The molecular weight excluding hydrogens is 444 g/mol. The summed E-state index contributed by atoms with van der Waals surface area (Å²) >= 11 is 6.41. The van der Waals surface area contributed by atoms with Gasteiger partial charge in [-0.25, -0.2) is 9.97 Å². The number of allylic oxidation sites excluding steroid dienone is 2. The first kappa shape index (κ1) is 21.0. The van der Waals surface area contributed by atoms with Gasteiger partial charge in [-0.2, -0.15) is 0 Å². The predicted octanol–water partition coefficient (Wildman–Crippen LogP) is 4.48. The van der Waals surface area contributed by atoms with Crippen molar-refractivity contribution in [3.8, 4) is 11.3 Å². The molecule has 2 heterocycles. The van der Waals surface area contributed by atoms with Gasteiger partial charge in [0.15, 0.2) is 5.52 Å². The number of amides is 2. The standard InChI is InChI=1S/C24H17ClN4O4/c1-24-12-5-4-8-15(24)22(30)28(23(24)31)13-18-20(14-7-2-3-9-16(14)25)27-21-17(26-18)10-6-11-19(21)29(32)33/h2-12,15H,13H2,1H3. The quantitative estimate of drug-likeness (QED) is 0.323. The third-order valence-corrected chi connectivity index (χ3v) is 6.45. The van der Waals surface area contributed by atoms with Gasteiger partial charge in [-0.3, -0.25) is 24.6 Å². The van der Waals surface area contributed by atoms with Crippen molar-refractivity contribution in [3.05, 3.63) is 87.6 Å². The average molecular weight is 461 g/mol. The number of carbonyl (C=O) groups excluding carboxylic acids is 2. The first-order chi connectivity index (χ1) is 15.8. The second kappa shape index (κ2) is 7.60. The van der Waals surface area contributed by atoms with Crippen LogP contribution in [0.2, 0.25) is 5.02 Å². The minimum Gasteiger partial charge on any atom is -0.275 e. The molecule has 1 saturated heterocycles. The van der Waals surface area contributed by atoms with Crippen LogP contribution < -0.4 is 0 Å². The third kappa shape index (κ3) is 3.22. The molecular formula is C24H17ClN4O4. The molecule has 1 fully saturated rings. The number of halogens is 1. The van der Waals surface area contributed by atoms with Gasteiger partial charge in [0.05, 0.1) is 44.7 Å². The molecule has 8 nitrogen and oxygen atoms in total. The smallest absolute Gasteiger partial charge is 0.275 e. The number of nitro benzene ring substituents is 1. The van der Waals surface area contributed by atoms with Crippen molar-refractivity contribution in [2.24, 2.45) is 11.3 Å². The molecule has 0 saturated carbocycles. The highest BCUT2D eigenvalue weighted by atomic mass is 35.5. The summed E-state index contributed by atoms with van der Waals surface area (Å²) in [4.78, 5) is 47.8.